The highest BCUT2D eigenvalue weighted by Crippen LogP contribution is 1.99. The van der Waals surface area contributed by atoms with E-state index < -0.39 is 0 Å². The Morgan fingerprint density at radius 2 is 2.11 bits per heavy atom. The molecule has 9 heavy (non-hydrogen) atoms. The molecular formula is C7H9ClN+. The summed E-state index contributed by atoms with van der Waals surface area (Å²) >= 11 is 5.78. The first-order valence-electron chi connectivity index (χ1n) is 2.83. The Bertz CT molecular complexity index is 200. The second-order valence-electron chi connectivity index (χ2n) is 2.05. The molecule has 0 amide bonds. The molecule has 0 aliphatic rings. The van der Waals surface area contributed by atoms with E-state index in [4.69, 9.17) is 11.6 Å². The van der Waals surface area contributed by atoms with Crippen LogP contribution < -0.4 is 4.57 Å². The van der Waals surface area contributed by atoms with Crippen LogP contribution in [0.1, 0.15) is 5.69 Å². The van der Waals surface area contributed by atoms with Crippen molar-refractivity contribution >= 4 is 11.6 Å². The van der Waals surface area contributed by atoms with Gasteiger partial charge in [0.05, 0.1) is 0 Å². The van der Waals surface area contributed by atoms with Gasteiger partial charge in [0, 0.05) is 19.1 Å². The van der Waals surface area contributed by atoms with Gasteiger partial charge in [0.15, 0.2) is 5.69 Å². The number of halogens is 1. The lowest BCUT2D eigenvalue weighted by Gasteiger charge is -1.92. The first kappa shape index (κ1) is 6.56. The van der Waals surface area contributed by atoms with Gasteiger partial charge in [-0.25, -0.2) is 0 Å². The van der Waals surface area contributed by atoms with Gasteiger partial charge >= 0.3 is 0 Å². The normalized spacial score (nSPS) is 9.67. The molecule has 0 aliphatic heterocycles. The van der Waals surface area contributed by atoms with Crippen LogP contribution in [0.2, 0.25) is 5.15 Å². The fraction of sp³-hybridized carbons (Fsp3) is 0.286. The van der Waals surface area contributed by atoms with Crippen molar-refractivity contribution in [3.8, 4) is 0 Å². The molecule has 1 heterocycles. The zero-order chi connectivity index (χ0) is 6.85. The van der Waals surface area contributed by atoms with E-state index in [1.807, 2.05) is 36.7 Å². The Morgan fingerprint density at radius 1 is 1.44 bits per heavy atom. The average molecular weight is 143 g/mol. The summed E-state index contributed by atoms with van der Waals surface area (Å²) in [5, 5.41) is 0.773. The molecule has 0 radical (unpaired) electrons. The summed E-state index contributed by atoms with van der Waals surface area (Å²) in [6.07, 6.45) is 0. The second-order valence-corrected chi connectivity index (χ2v) is 2.44. The number of hydrogen-bond acceptors (Lipinski definition) is 0. The molecule has 0 N–H and O–H groups in total. The third-order valence-corrected chi connectivity index (χ3v) is 1.80. The topological polar surface area (TPSA) is 3.88 Å². The van der Waals surface area contributed by atoms with Crippen molar-refractivity contribution in [2.24, 2.45) is 7.05 Å². The lowest BCUT2D eigenvalue weighted by molar-refractivity contribution is -0.675. The van der Waals surface area contributed by atoms with Crippen LogP contribution in [0.5, 0.6) is 0 Å². The molecule has 0 aliphatic carbocycles. The second kappa shape index (κ2) is 2.36. The monoisotopic (exact) mass is 142 g/mol. The van der Waals surface area contributed by atoms with Gasteiger partial charge < -0.3 is 0 Å². The minimum Gasteiger partial charge on any atom is -0.189 e. The van der Waals surface area contributed by atoms with Crippen LogP contribution in [-0.2, 0) is 7.05 Å². The van der Waals surface area contributed by atoms with Gasteiger partial charge in [-0.1, -0.05) is 0 Å². The van der Waals surface area contributed by atoms with Crippen LogP contribution in [0.4, 0.5) is 0 Å². The van der Waals surface area contributed by atoms with Gasteiger partial charge in [0.25, 0.3) is 5.15 Å². The van der Waals surface area contributed by atoms with Crippen molar-refractivity contribution < 1.29 is 4.57 Å². The number of pyridine rings is 1. The number of nitrogens with zero attached hydrogens (tertiary/aromatic N) is 1. The lowest BCUT2D eigenvalue weighted by atomic mass is 10.4. The van der Waals surface area contributed by atoms with Gasteiger partial charge in [0.2, 0.25) is 0 Å². The molecule has 2 heteroatoms. The Morgan fingerprint density at radius 3 is 2.56 bits per heavy atom. The van der Waals surface area contributed by atoms with Crippen molar-refractivity contribution in [2.75, 3.05) is 0 Å². The SMILES string of the molecule is Cc1cccc(Cl)[n+]1C. The molecule has 0 spiro atoms. The van der Waals surface area contributed by atoms with Crippen molar-refractivity contribution in [2.45, 2.75) is 6.92 Å². The Balaban J connectivity index is 3.25. The average Bonchev–Trinajstić information content (AvgIpc) is 1.83. The van der Waals surface area contributed by atoms with Gasteiger partial charge in [-0.05, 0) is 17.7 Å². The molecule has 48 valence electrons. The zero-order valence-corrected chi connectivity index (χ0v) is 6.31. The van der Waals surface area contributed by atoms with E-state index in [2.05, 4.69) is 0 Å². The quantitative estimate of drug-likeness (QED) is 0.382. The largest absolute Gasteiger partial charge is 0.274 e. The molecule has 0 fully saturated rings. The van der Waals surface area contributed by atoms with Gasteiger partial charge in [-0.15, -0.1) is 0 Å². The van der Waals surface area contributed by atoms with Crippen molar-refractivity contribution in [1.29, 1.82) is 0 Å². The third kappa shape index (κ3) is 1.22. The Kier molecular flexibility index (Phi) is 1.72. The lowest BCUT2D eigenvalue weighted by Crippen LogP contribution is -2.32. The van der Waals surface area contributed by atoms with E-state index in [0.717, 1.165) is 5.15 Å². The van der Waals surface area contributed by atoms with E-state index in [-0.39, 0.29) is 0 Å². The smallest absolute Gasteiger partial charge is 0.189 e. The highest BCUT2D eigenvalue weighted by Gasteiger charge is 2.02. The van der Waals surface area contributed by atoms with Crippen molar-refractivity contribution in [3.63, 3.8) is 0 Å². The van der Waals surface area contributed by atoms with Crippen LogP contribution in [-0.4, -0.2) is 0 Å². The highest BCUT2D eigenvalue weighted by atomic mass is 35.5. The summed E-state index contributed by atoms with van der Waals surface area (Å²) in [5.41, 5.74) is 1.17. The number of hydrogen-bond donors (Lipinski definition) is 0. The Labute approximate surface area is 59.9 Å². The summed E-state index contributed by atoms with van der Waals surface area (Å²) in [6.45, 7) is 2.02. The maximum absolute atomic E-state index is 5.78. The first-order valence-corrected chi connectivity index (χ1v) is 3.21. The molecular weight excluding hydrogens is 134 g/mol. The number of aryl methyl sites for hydroxylation is 1. The molecule has 1 nitrogen and oxygen atoms in total. The Hall–Kier alpha value is -0.560. The first-order chi connectivity index (χ1) is 4.22. The third-order valence-electron chi connectivity index (χ3n) is 1.42. The fourth-order valence-corrected chi connectivity index (χ4v) is 0.865. The predicted molar refractivity (Wildman–Crippen MR) is 37.4 cm³/mol. The number of rotatable bonds is 0. The van der Waals surface area contributed by atoms with Crippen LogP contribution in [0, 0.1) is 6.92 Å². The standard InChI is InChI=1S/C7H9ClN/c1-6-4-3-5-7(8)9(6)2/h3-5H,1-2H3/q+1. The van der Waals surface area contributed by atoms with E-state index in [9.17, 15) is 0 Å². The molecule has 0 saturated carbocycles. The molecule has 0 unspecified atom stereocenters. The molecule has 0 atom stereocenters. The minimum atomic E-state index is 0.773. The van der Waals surface area contributed by atoms with Gasteiger partial charge in [-0.3, -0.25) is 0 Å². The molecule has 1 aromatic heterocycles. The van der Waals surface area contributed by atoms with Crippen molar-refractivity contribution in [1.82, 2.24) is 0 Å². The van der Waals surface area contributed by atoms with E-state index in [1.54, 1.807) is 0 Å². The highest BCUT2D eigenvalue weighted by molar-refractivity contribution is 6.28. The maximum atomic E-state index is 5.78. The summed E-state index contributed by atoms with van der Waals surface area (Å²) < 4.78 is 1.93. The van der Waals surface area contributed by atoms with Crippen LogP contribution >= 0.6 is 11.6 Å². The van der Waals surface area contributed by atoms with E-state index in [1.165, 1.54) is 5.69 Å². The molecule has 0 aromatic carbocycles. The summed E-state index contributed by atoms with van der Waals surface area (Å²) in [4.78, 5) is 0. The van der Waals surface area contributed by atoms with Crippen LogP contribution in [0.25, 0.3) is 0 Å². The molecule has 1 rings (SSSR count). The summed E-state index contributed by atoms with van der Waals surface area (Å²) in [5.74, 6) is 0. The zero-order valence-electron chi connectivity index (χ0n) is 5.56. The van der Waals surface area contributed by atoms with E-state index >= 15 is 0 Å². The minimum absolute atomic E-state index is 0.773. The fourth-order valence-electron chi connectivity index (χ4n) is 0.659. The van der Waals surface area contributed by atoms with Crippen molar-refractivity contribution in [3.05, 3.63) is 29.0 Å². The summed E-state index contributed by atoms with van der Waals surface area (Å²) in [6, 6.07) is 5.83. The van der Waals surface area contributed by atoms with Crippen LogP contribution in [0.3, 0.4) is 0 Å². The van der Waals surface area contributed by atoms with Gasteiger partial charge in [0.1, 0.15) is 7.05 Å². The maximum Gasteiger partial charge on any atom is 0.274 e. The molecule has 1 aromatic rings. The van der Waals surface area contributed by atoms with E-state index in [0.29, 0.717) is 0 Å². The van der Waals surface area contributed by atoms with Crippen LogP contribution in [0.15, 0.2) is 18.2 Å². The summed E-state index contributed by atoms with van der Waals surface area (Å²) in [7, 11) is 1.94. The molecule has 0 bridgehead atoms. The molecule has 0 saturated heterocycles. The van der Waals surface area contributed by atoms with Gasteiger partial charge in [-0.2, -0.15) is 4.57 Å². The predicted octanol–water partition coefficient (Wildman–Crippen LogP) is 1.47. The number of aromatic nitrogens is 1.